The standard InChI is InChI=1S/C6H6.Na.H2O.H2S/c1-2-4-6-5-3-1;;;/h1-6H;;2*1H2/q;+1;;/p-1. The van der Waals surface area contributed by atoms with E-state index in [1.165, 1.54) is 0 Å². The molecule has 9 heavy (non-hydrogen) atoms. The van der Waals surface area contributed by atoms with E-state index >= 15 is 0 Å². The second kappa shape index (κ2) is 11.3. The predicted octanol–water partition coefficient (Wildman–Crippen LogP) is -1.37. The van der Waals surface area contributed by atoms with E-state index in [1.54, 1.807) is 0 Å². The number of hydrogen-bond donors (Lipinski definition) is 0. The van der Waals surface area contributed by atoms with Crippen LogP contribution in [0.5, 0.6) is 0 Å². The van der Waals surface area contributed by atoms with E-state index in [4.69, 9.17) is 0 Å². The smallest absolute Gasteiger partial charge is 0.870 e. The van der Waals surface area contributed by atoms with Crippen LogP contribution >= 0.6 is 13.5 Å². The molecule has 46 valence electrons. The summed E-state index contributed by atoms with van der Waals surface area (Å²) in [6.07, 6.45) is 0. The van der Waals surface area contributed by atoms with E-state index in [9.17, 15) is 0 Å². The molecule has 0 heterocycles. The minimum absolute atomic E-state index is 0. The van der Waals surface area contributed by atoms with Crippen molar-refractivity contribution in [3.05, 3.63) is 36.4 Å². The van der Waals surface area contributed by atoms with Crippen molar-refractivity contribution in [1.29, 1.82) is 0 Å². The van der Waals surface area contributed by atoms with Crippen LogP contribution in [0.3, 0.4) is 0 Å². The van der Waals surface area contributed by atoms with Crippen LogP contribution < -0.4 is 29.6 Å². The summed E-state index contributed by atoms with van der Waals surface area (Å²) in [4.78, 5) is 0. The Morgan fingerprint density at radius 1 is 0.556 bits per heavy atom. The Labute approximate surface area is 84.5 Å². The molecule has 1 N–H and O–H groups in total. The van der Waals surface area contributed by atoms with E-state index in [1.807, 2.05) is 36.4 Å². The van der Waals surface area contributed by atoms with Crippen LogP contribution in [0.2, 0.25) is 0 Å². The molecule has 0 amide bonds. The van der Waals surface area contributed by atoms with Gasteiger partial charge >= 0.3 is 29.6 Å². The van der Waals surface area contributed by atoms with Gasteiger partial charge in [0.15, 0.2) is 0 Å². The van der Waals surface area contributed by atoms with Crippen molar-refractivity contribution < 1.29 is 35.0 Å². The van der Waals surface area contributed by atoms with Crippen LogP contribution in [0, 0.1) is 0 Å². The fourth-order valence-electron chi connectivity index (χ4n) is 0.385. The number of benzene rings is 1. The summed E-state index contributed by atoms with van der Waals surface area (Å²) >= 11 is 0. The van der Waals surface area contributed by atoms with E-state index in [2.05, 4.69) is 0 Å². The van der Waals surface area contributed by atoms with Crippen molar-refractivity contribution in [1.82, 2.24) is 0 Å². The zero-order valence-corrected chi connectivity index (χ0v) is 8.41. The first-order valence-electron chi connectivity index (χ1n) is 2.00. The zero-order valence-electron chi connectivity index (χ0n) is 5.41. The zero-order chi connectivity index (χ0) is 4.24. The van der Waals surface area contributed by atoms with Crippen LogP contribution in [0.1, 0.15) is 0 Å². The first-order chi connectivity index (χ1) is 3.00. The molecule has 0 aliphatic rings. The van der Waals surface area contributed by atoms with Gasteiger partial charge in [-0.25, -0.2) is 0 Å². The molecule has 1 rings (SSSR count). The van der Waals surface area contributed by atoms with Crippen LogP contribution in [0.15, 0.2) is 36.4 Å². The molecule has 1 nitrogen and oxygen atoms in total. The van der Waals surface area contributed by atoms with E-state index in [0.717, 1.165) is 0 Å². The number of rotatable bonds is 0. The van der Waals surface area contributed by atoms with E-state index in [-0.39, 0.29) is 48.5 Å². The van der Waals surface area contributed by atoms with Gasteiger partial charge in [0.2, 0.25) is 0 Å². The minimum atomic E-state index is 0. The molecule has 0 atom stereocenters. The molecule has 0 saturated carbocycles. The molecule has 0 saturated heterocycles. The molecule has 0 radical (unpaired) electrons. The van der Waals surface area contributed by atoms with Gasteiger partial charge in [0.05, 0.1) is 0 Å². The summed E-state index contributed by atoms with van der Waals surface area (Å²) in [5.41, 5.74) is 0. The first-order valence-corrected chi connectivity index (χ1v) is 2.00. The Bertz CT molecular complexity index is 85.0. The third-order valence-electron chi connectivity index (χ3n) is 0.667. The van der Waals surface area contributed by atoms with E-state index in [0.29, 0.717) is 0 Å². The monoisotopic (exact) mass is 152 g/mol. The molecular weight excluding hydrogens is 143 g/mol. The summed E-state index contributed by atoms with van der Waals surface area (Å²) in [6.45, 7) is 0. The third-order valence-corrected chi connectivity index (χ3v) is 0.667. The maximum Gasteiger partial charge on any atom is 1.00 e. The van der Waals surface area contributed by atoms with Crippen molar-refractivity contribution in [2.45, 2.75) is 0 Å². The Hall–Kier alpha value is 0.530. The van der Waals surface area contributed by atoms with Crippen molar-refractivity contribution in [3.63, 3.8) is 0 Å². The summed E-state index contributed by atoms with van der Waals surface area (Å²) in [7, 11) is 0. The van der Waals surface area contributed by atoms with Crippen molar-refractivity contribution in [2.75, 3.05) is 0 Å². The van der Waals surface area contributed by atoms with Crippen molar-refractivity contribution in [2.24, 2.45) is 0 Å². The second-order valence-corrected chi connectivity index (χ2v) is 1.15. The topological polar surface area (TPSA) is 30.0 Å². The third kappa shape index (κ3) is 8.53. The summed E-state index contributed by atoms with van der Waals surface area (Å²) < 4.78 is 0. The largest absolute Gasteiger partial charge is 1.00 e. The minimum Gasteiger partial charge on any atom is -0.870 e. The van der Waals surface area contributed by atoms with E-state index < -0.39 is 0 Å². The van der Waals surface area contributed by atoms with Gasteiger partial charge in [-0.15, -0.1) is 0 Å². The molecule has 1 aromatic rings. The molecule has 1 aromatic carbocycles. The van der Waals surface area contributed by atoms with Crippen LogP contribution in [0.4, 0.5) is 0 Å². The first kappa shape index (κ1) is 16.3. The predicted molar refractivity (Wildman–Crippen MR) is 38.8 cm³/mol. The average molecular weight is 152 g/mol. The van der Waals surface area contributed by atoms with Crippen LogP contribution in [-0.4, -0.2) is 5.48 Å². The molecule has 0 aliphatic heterocycles. The quantitative estimate of drug-likeness (QED) is 0.422. The molecule has 0 unspecified atom stereocenters. The van der Waals surface area contributed by atoms with Gasteiger partial charge in [0.1, 0.15) is 0 Å². The molecule has 3 heteroatoms. The molecule has 0 spiro atoms. The summed E-state index contributed by atoms with van der Waals surface area (Å²) in [5, 5.41) is 0. The maximum atomic E-state index is 2.00. The molecule has 0 aromatic heterocycles. The fourth-order valence-corrected chi connectivity index (χ4v) is 0.385. The molecule has 0 bridgehead atoms. The number of hydrogen-bond acceptors (Lipinski definition) is 1. The van der Waals surface area contributed by atoms with Crippen LogP contribution in [-0.2, 0) is 0 Å². The molecular formula is C6H9NaOS. The summed E-state index contributed by atoms with van der Waals surface area (Å²) in [6, 6.07) is 12.0. The van der Waals surface area contributed by atoms with Crippen molar-refractivity contribution >= 4 is 13.5 Å². The SMILES string of the molecule is S.[Na+].[OH-].c1ccccc1. The maximum absolute atomic E-state index is 2.00. The summed E-state index contributed by atoms with van der Waals surface area (Å²) in [5.74, 6) is 0. The van der Waals surface area contributed by atoms with Crippen molar-refractivity contribution in [3.8, 4) is 0 Å². The second-order valence-electron chi connectivity index (χ2n) is 1.15. The Kier molecular flexibility index (Phi) is 20.5. The van der Waals surface area contributed by atoms with Gasteiger partial charge in [-0.1, -0.05) is 36.4 Å². The van der Waals surface area contributed by atoms with Crippen LogP contribution in [0.25, 0.3) is 0 Å². The van der Waals surface area contributed by atoms with Gasteiger partial charge < -0.3 is 5.48 Å². The van der Waals surface area contributed by atoms with Gasteiger partial charge in [-0.2, -0.15) is 13.5 Å². The average Bonchev–Trinajstić information content (AvgIpc) is 1.72. The van der Waals surface area contributed by atoms with Gasteiger partial charge in [-0.05, 0) is 0 Å². The van der Waals surface area contributed by atoms with Gasteiger partial charge in [-0.3, -0.25) is 0 Å². The Balaban J connectivity index is -0.000000120. The normalized spacial score (nSPS) is 5.33. The van der Waals surface area contributed by atoms with Gasteiger partial charge in [0.25, 0.3) is 0 Å². The molecule has 0 aliphatic carbocycles. The Morgan fingerprint density at radius 2 is 0.667 bits per heavy atom. The molecule has 0 fully saturated rings. The Morgan fingerprint density at radius 3 is 0.778 bits per heavy atom. The van der Waals surface area contributed by atoms with Gasteiger partial charge in [0, 0.05) is 0 Å². The fraction of sp³-hybridized carbons (Fsp3) is 0.